The first-order chi connectivity index (χ1) is 10.1. The van der Waals surface area contributed by atoms with E-state index in [0.29, 0.717) is 11.0 Å². The van der Waals surface area contributed by atoms with Crippen molar-refractivity contribution in [3.63, 3.8) is 0 Å². The Balaban J connectivity index is 1.98. The first-order valence-electron chi connectivity index (χ1n) is 6.80. The molecule has 21 heavy (non-hydrogen) atoms. The van der Waals surface area contributed by atoms with Gasteiger partial charge < -0.3 is 5.73 Å². The fourth-order valence-electron chi connectivity index (χ4n) is 2.22. The Morgan fingerprint density at radius 1 is 1.14 bits per heavy atom. The molecule has 3 aromatic rings. The molecule has 3 rings (SSSR count). The van der Waals surface area contributed by atoms with E-state index in [-0.39, 0.29) is 0 Å². The molecule has 0 saturated heterocycles. The third-order valence-electron chi connectivity index (χ3n) is 3.49. The van der Waals surface area contributed by atoms with Gasteiger partial charge in [-0.2, -0.15) is 5.10 Å². The van der Waals surface area contributed by atoms with Crippen LogP contribution in [0, 0.1) is 6.92 Å². The summed E-state index contributed by atoms with van der Waals surface area (Å²) >= 11 is 1.37. The minimum Gasteiger partial charge on any atom is -0.374 e. The van der Waals surface area contributed by atoms with Crippen LogP contribution in [0.15, 0.2) is 30.5 Å². The molecule has 0 amide bonds. The number of hydrogen-bond acceptors (Lipinski definition) is 5. The molecular formula is C15H17N5S. The van der Waals surface area contributed by atoms with Gasteiger partial charge in [-0.25, -0.2) is 4.68 Å². The van der Waals surface area contributed by atoms with E-state index in [1.165, 1.54) is 16.9 Å². The lowest BCUT2D eigenvalue weighted by atomic mass is 10.0. The summed E-state index contributed by atoms with van der Waals surface area (Å²) in [6, 6.07) is 8.47. The van der Waals surface area contributed by atoms with Gasteiger partial charge in [-0.3, -0.25) is 0 Å². The molecule has 0 aliphatic rings. The Morgan fingerprint density at radius 3 is 2.43 bits per heavy atom. The molecule has 5 nitrogen and oxygen atoms in total. The van der Waals surface area contributed by atoms with E-state index in [4.69, 9.17) is 5.73 Å². The van der Waals surface area contributed by atoms with E-state index < -0.39 is 0 Å². The Hall–Kier alpha value is -2.21. The normalized spacial score (nSPS) is 11.2. The van der Waals surface area contributed by atoms with Gasteiger partial charge in [-0.15, -0.1) is 10.2 Å². The van der Waals surface area contributed by atoms with Crippen LogP contribution in [-0.4, -0.2) is 20.0 Å². The largest absolute Gasteiger partial charge is 0.374 e. The molecule has 6 heteroatoms. The molecule has 0 aliphatic heterocycles. The summed E-state index contributed by atoms with van der Waals surface area (Å²) in [6.07, 6.45) is 1.81. The predicted molar refractivity (Wildman–Crippen MR) is 85.7 cm³/mol. The number of rotatable bonds is 3. The van der Waals surface area contributed by atoms with Crippen LogP contribution in [-0.2, 0) is 0 Å². The summed E-state index contributed by atoms with van der Waals surface area (Å²) in [5.41, 5.74) is 10.0. The maximum Gasteiger partial charge on any atom is 0.203 e. The lowest BCUT2D eigenvalue weighted by molar-refractivity contribution is 0.836. The molecule has 0 bridgehead atoms. The number of benzene rings is 1. The van der Waals surface area contributed by atoms with Crippen molar-refractivity contribution in [2.45, 2.75) is 26.7 Å². The van der Waals surface area contributed by atoms with Gasteiger partial charge in [0.05, 0.1) is 23.1 Å². The summed E-state index contributed by atoms with van der Waals surface area (Å²) in [5, 5.41) is 13.7. The molecule has 0 saturated carbocycles. The minimum absolute atomic E-state index is 0.471. The van der Waals surface area contributed by atoms with Crippen LogP contribution in [0.5, 0.6) is 0 Å². The van der Waals surface area contributed by atoms with E-state index in [1.54, 1.807) is 0 Å². The maximum atomic E-state index is 5.65. The van der Waals surface area contributed by atoms with Crippen LogP contribution in [0.4, 0.5) is 5.13 Å². The van der Waals surface area contributed by atoms with E-state index in [2.05, 4.69) is 53.4 Å². The average molecular weight is 299 g/mol. The maximum absolute atomic E-state index is 5.65. The van der Waals surface area contributed by atoms with Gasteiger partial charge in [0.15, 0.2) is 5.01 Å². The fraction of sp³-hybridized carbons (Fsp3) is 0.267. The highest BCUT2D eigenvalue weighted by Crippen LogP contribution is 2.28. The number of nitrogen functional groups attached to an aromatic ring is 1. The van der Waals surface area contributed by atoms with E-state index >= 15 is 0 Å². The molecule has 2 heterocycles. The Labute approximate surface area is 127 Å². The molecule has 0 spiro atoms. The molecule has 2 N–H and O–H groups in total. The molecule has 2 aromatic heterocycles. The first kappa shape index (κ1) is 13.8. The highest BCUT2D eigenvalue weighted by molar-refractivity contribution is 7.18. The van der Waals surface area contributed by atoms with E-state index in [9.17, 15) is 0 Å². The summed E-state index contributed by atoms with van der Waals surface area (Å²) in [5.74, 6) is 0.526. The highest BCUT2D eigenvalue weighted by atomic mass is 32.1. The second-order valence-electron chi connectivity index (χ2n) is 5.25. The monoisotopic (exact) mass is 299 g/mol. The van der Waals surface area contributed by atoms with Crippen molar-refractivity contribution < 1.29 is 0 Å². The number of aromatic nitrogens is 4. The van der Waals surface area contributed by atoms with Crippen molar-refractivity contribution in [2.24, 2.45) is 0 Å². The van der Waals surface area contributed by atoms with Gasteiger partial charge in [0.1, 0.15) is 0 Å². The summed E-state index contributed by atoms with van der Waals surface area (Å²) in [6.45, 7) is 6.40. The van der Waals surface area contributed by atoms with Gasteiger partial charge >= 0.3 is 0 Å². The van der Waals surface area contributed by atoms with Crippen LogP contribution < -0.4 is 5.73 Å². The topological polar surface area (TPSA) is 69.6 Å². The van der Waals surface area contributed by atoms with Gasteiger partial charge in [0.25, 0.3) is 0 Å². The summed E-state index contributed by atoms with van der Waals surface area (Å²) in [7, 11) is 0. The number of nitrogens with two attached hydrogens (primary N) is 1. The predicted octanol–water partition coefficient (Wildman–Crippen LogP) is 3.40. The van der Waals surface area contributed by atoms with Crippen molar-refractivity contribution in [2.75, 3.05) is 5.73 Å². The second-order valence-corrected chi connectivity index (χ2v) is 6.26. The van der Waals surface area contributed by atoms with Crippen molar-refractivity contribution in [1.29, 1.82) is 0 Å². The van der Waals surface area contributed by atoms with Crippen LogP contribution in [0.25, 0.3) is 16.3 Å². The third-order valence-corrected chi connectivity index (χ3v) is 4.27. The highest BCUT2D eigenvalue weighted by Gasteiger charge is 2.13. The van der Waals surface area contributed by atoms with Crippen molar-refractivity contribution in [3.8, 4) is 16.3 Å². The Bertz CT molecular complexity index is 755. The van der Waals surface area contributed by atoms with Crippen molar-refractivity contribution in [3.05, 3.63) is 41.7 Å². The van der Waals surface area contributed by atoms with E-state index in [0.717, 1.165) is 22.0 Å². The lowest BCUT2D eigenvalue weighted by Crippen LogP contribution is -1.99. The third kappa shape index (κ3) is 2.54. The van der Waals surface area contributed by atoms with Gasteiger partial charge in [-0.05, 0) is 30.5 Å². The van der Waals surface area contributed by atoms with Crippen LogP contribution in [0.2, 0.25) is 0 Å². The second kappa shape index (κ2) is 5.29. The van der Waals surface area contributed by atoms with Crippen LogP contribution >= 0.6 is 11.3 Å². The fourth-order valence-corrected chi connectivity index (χ4v) is 2.90. The summed E-state index contributed by atoms with van der Waals surface area (Å²) in [4.78, 5) is 0. The molecule has 1 aromatic carbocycles. The summed E-state index contributed by atoms with van der Waals surface area (Å²) < 4.78 is 1.91. The average Bonchev–Trinajstić information content (AvgIpc) is 3.05. The molecule has 108 valence electrons. The van der Waals surface area contributed by atoms with Gasteiger partial charge in [0, 0.05) is 0 Å². The SMILES string of the molecule is Cc1c(-c2nnc(N)s2)cnn1-c1ccc(C(C)C)cc1. The van der Waals surface area contributed by atoms with Crippen LogP contribution in [0.1, 0.15) is 31.0 Å². The Kier molecular flexibility index (Phi) is 3.47. The number of nitrogens with zero attached hydrogens (tertiary/aromatic N) is 4. The molecule has 0 unspecified atom stereocenters. The molecule has 0 aliphatic carbocycles. The lowest BCUT2D eigenvalue weighted by Gasteiger charge is -2.08. The molecule has 0 atom stereocenters. The van der Waals surface area contributed by atoms with E-state index in [1.807, 2.05) is 17.8 Å². The quantitative estimate of drug-likeness (QED) is 0.804. The van der Waals surface area contributed by atoms with Crippen molar-refractivity contribution >= 4 is 16.5 Å². The number of anilines is 1. The zero-order valence-electron chi connectivity index (χ0n) is 12.2. The molecule has 0 radical (unpaired) electrons. The standard InChI is InChI=1S/C15H17N5S/c1-9(2)11-4-6-12(7-5-11)20-10(3)13(8-17-20)14-18-19-15(16)21-14/h4-9H,1-3H3,(H2,16,19). The number of hydrogen-bond donors (Lipinski definition) is 1. The van der Waals surface area contributed by atoms with Gasteiger partial charge in [0.2, 0.25) is 5.13 Å². The first-order valence-corrected chi connectivity index (χ1v) is 7.62. The van der Waals surface area contributed by atoms with Crippen LogP contribution in [0.3, 0.4) is 0 Å². The zero-order chi connectivity index (χ0) is 15.0. The molecule has 0 fully saturated rings. The van der Waals surface area contributed by atoms with Crippen molar-refractivity contribution in [1.82, 2.24) is 20.0 Å². The van der Waals surface area contributed by atoms with Gasteiger partial charge in [-0.1, -0.05) is 37.3 Å². The smallest absolute Gasteiger partial charge is 0.203 e. The Morgan fingerprint density at radius 2 is 1.86 bits per heavy atom. The zero-order valence-corrected chi connectivity index (χ0v) is 13.1. The minimum atomic E-state index is 0.471. The molecular weight excluding hydrogens is 282 g/mol.